The van der Waals surface area contributed by atoms with Crippen LogP contribution in [0, 0.1) is 6.92 Å². The first-order valence-corrected chi connectivity index (χ1v) is 12.1. The summed E-state index contributed by atoms with van der Waals surface area (Å²) < 4.78 is 37.9. The van der Waals surface area contributed by atoms with E-state index < -0.39 is 28.5 Å². The van der Waals surface area contributed by atoms with Crippen molar-refractivity contribution in [2.75, 3.05) is 31.6 Å². The summed E-state index contributed by atoms with van der Waals surface area (Å²) in [6.07, 6.45) is 2.66. The molecule has 1 aliphatic heterocycles. The van der Waals surface area contributed by atoms with Gasteiger partial charge in [0.25, 0.3) is 5.91 Å². The average molecular weight is 461 g/mol. The monoisotopic (exact) mass is 460 g/mol. The summed E-state index contributed by atoms with van der Waals surface area (Å²) in [5.41, 5.74) is 1.18. The zero-order valence-corrected chi connectivity index (χ0v) is 19.1. The third-order valence-electron chi connectivity index (χ3n) is 5.14. The Morgan fingerprint density at radius 1 is 1.03 bits per heavy atom. The van der Waals surface area contributed by atoms with Crippen LogP contribution in [0.1, 0.15) is 42.1 Å². The summed E-state index contributed by atoms with van der Waals surface area (Å²) in [5.74, 6) is -0.579. The van der Waals surface area contributed by atoms with Crippen molar-refractivity contribution in [2.45, 2.75) is 38.0 Å². The first-order valence-electron chi connectivity index (χ1n) is 10.6. The van der Waals surface area contributed by atoms with Gasteiger partial charge >= 0.3 is 5.97 Å². The Morgan fingerprint density at radius 2 is 1.72 bits per heavy atom. The molecule has 1 amide bonds. The second-order valence-electron chi connectivity index (χ2n) is 7.53. The number of anilines is 1. The molecule has 9 heteroatoms. The maximum Gasteiger partial charge on any atom is 0.338 e. The Labute approximate surface area is 188 Å². The molecule has 32 heavy (non-hydrogen) atoms. The van der Waals surface area contributed by atoms with Crippen molar-refractivity contribution in [1.29, 1.82) is 0 Å². The lowest BCUT2D eigenvalue weighted by atomic mass is 10.1. The number of hydrogen-bond donors (Lipinski definition) is 1. The highest BCUT2D eigenvalue weighted by Crippen LogP contribution is 2.24. The lowest BCUT2D eigenvalue weighted by Gasteiger charge is -2.26. The smallest absolute Gasteiger partial charge is 0.338 e. The molecule has 172 valence electrons. The van der Waals surface area contributed by atoms with Crippen LogP contribution in [0.25, 0.3) is 0 Å². The van der Waals surface area contributed by atoms with Crippen molar-refractivity contribution in [2.24, 2.45) is 0 Å². The summed E-state index contributed by atoms with van der Waals surface area (Å²) >= 11 is 0. The van der Waals surface area contributed by atoms with Gasteiger partial charge in [0.1, 0.15) is 5.75 Å². The molecule has 0 saturated carbocycles. The largest absolute Gasteiger partial charge is 0.494 e. The summed E-state index contributed by atoms with van der Waals surface area (Å²) in [7, 11) is -3.69. The molecule has 1 saturated heterocycles. The average Bonchev–Trinajstić information content (AvgIpc) is 2.79. The first-order chi connectivity index (χ1) is 15.3. The number of nitrogens with one attached hydrogen (secondary N) is 1. The lowest BCUT2D eigenvalue weighted by molar-refractivity contribution is -0.119. The first kappa shape index (κ1) is 23.7. The van der Waals surface area contributed by atoms with E-state index in [0.717, 1.165) is 19.3 Å². The van der Waals surface area contributed by atoms with Gasteiger partial charge in [-0.2, -0.15) is 4.31 Å². The zero-order chi connectivity index (χ0) is 23.1. The Morgan fingerprint density at radius 3 is 2.38 bits per heavy atom. The second kappa shape index (κ2) is 10.6. The molecule has 1 fully saturated rings. The molecular weight excluding hydrogens is 432 g/mol. The number of nitrogens with zero attached hydrogens (tertiary/aromatic N) is 1. The predicted octanol–water partition coefficient (Wildman–Crippen LogP) is 3.36. The van der Waals surface area contributed by atoms with E-state index in [1.54, 1.807) is 37.3 Å². The van der Waals surface area contributed by atoms with Crippen molar-refractivity contribution in [3.05, 3.63) is 53.6 Å². The van der Waals surface area contributed by atoms with Gasteiger partial charge in [-0.1, -0.05) is 12.5 Å². The number of hydrogen-bond acceptors (Lipinski definition) is 6. The van der Waals surface area contributed by atoms with Crippen LogP contribution < -0.4 is 10.1 Å². The summed E-state index contributed by atoms with van der Waals surface area (Å²) in [4.78, 5) is 24.7. The molecule has 1 heterocycles. The molecule has 0 aliphatic carbocycles. The highest BCUT2D eigenvalue weighted by molar-refractivity contribution is 7.89. The molecule has 0 aromatic heterocycles. The normalized spacial score (nSPS) is 14.6. The second-order valence-corrected chi connectivity index (χ2v) is 9.43. The molecule has 0 radical (unpaired) electrons. The molecule has 1 aliphatic rings. The molecule has 2 aromatic rings. The van der Waals surface area contributed by atoms with Crippen molar-refractivity contribution in [1.82, 2.24) is 4.31 Å². The van der Waals surface area contributed by atoms with Crippen LogP contribution in [0.3, 0.4) is 0 Å². The lowest BCUT2D eigenvalue weighted by Crippen LogP contribution is -2.36. The number of esters is 1. The van der Waals surface area contributed by atoms with E-state index in [9.17, 15) is 18.0 Å². The Bertz CT molecular complexity index is 1060. The maximum atomic E-state index is 13.0. The number of piperidine rings is 1. The topological polar surface area (TPSA) is 102 Å². The van der Waals surface area contributed by atoms with Crippen LogP contribution in [0.4, 0.5) is 5.69 Å². The Kier molecular flexibility index (Phi) is 7.87. The molecule has 0 spiro atoms. The fraction of sp³-hybridized carbons (Fsp3) is 0.391. The van der Waals surface area contributed by atoms with Gasteiger partial charge in [0.2, 0.25) is 10.0 Å². The molecule has 8 nitrogen and oxygen atoms in total. The van der Waals surface area contributed by atoms with E-state index in [0.29, 0.717) is 36.7 Å². The molecule has 2 aromatic carbocycles. The SMILES string of the molecule is CCOc1ccc(NC(=O)COC(=O)c2ccc(C)c(S(=O)(=O)N3CCCCC3)c2)cc1. The highest BCUT2D eigenvalue weighted by Gasteiger charge is 2.28. The quantitative estimate of drug-likeness (QED) is 0.606. The maximum absolute atomic E-state index is 13.0. The van der Waals surface area contributed by atoms with Gasteiger partial charge in [0.15, 0.2) is 6.61 Å². The number of amides is 1. The minimum atomic E-state index is -3.69. The zero-order valence-electron chi connectivity index (χ0n) is 18.3. The van der Waals surface area contributed by atoms with E-state index in [2.05, 4.69) is 5.32 Å². The van der Waals surface area contributed by atoms with Gasteiger partial charge in [-0.25, -0.2) is 13.2 Å². The summed E-state index contributed by atoms with van der Waals surface area (Å²) in [6, 6.07) is 11.2. The Balaban J connectivity index is 1.62. The highest BCUT2D eigenvalue weighted by atomic mass is 32.2. The van der Waals surface area contributed by atoms with Crippen LogP contribution in [-0.2, 0) is 19.6 Å². The number of carbonyl (C=O) groups excluding carboxylic acids is 2. The van der Waals surface area contributed by atoms with Crippen LogP contribution in [-0.4, -0.2) is 50.9 Å². The fourth-order valence-electron chi connectivity index (χ4n) is 3.46. The van der Waals surface area contributed by atoms with E-state index in [4.69, 9.17) is 9.47 Å². The predicted molar refractivity (Wildman–Crippen MR) is 120 cm³/mol. The van der Waals surface area contributed by atoms with Gasteiger partial charge in [-0.15, -0.1) is 0 Å². The molecule has 3 rings (SSSR count). The number of carbonyl (C=O) groups is 2. The van der Waals surface area contributed by atoms with E-state index in [1.165, 1.54) is 16.4 Å². The van der Waals surface area contributed by atoms with Crippen molar-refractivity contribution < 1.29 is 27.5 Å². The summed E-state index contributed by atoms with van der Waals surface area (Å²) in [6.45, 7) is 4.57. The number of benzene rings is 2. The van der Waals surface area contributed by atoms with Crippen molar-refractivity contribution >= 4 is 27.6 Å². The minimum absolute atomic E-state index is 0.0834. The summed E-state index contributed by atoms with van der Waals surface area (Å²) in [5, 5.41) is 2.63. The van der Waals surface area contributed by atoms with E-state index >= 15 is 0 Å². The van der Waals surface area contributed by atoms with Crippen LogP contribution in [0.5, 0.6) is 5.75 Å². The fourth-order valence-corrected chi connectivity index (χ4v) is 5.23. The van der Waals surface area contributed by atoms with Gasteiger partial charge in [0.05, 0.1) is 17.1 Å². The van der Waals surface area contributed by atoms with Gasteiger partial charge in [0, 0.05) is 18.8 Å². The van der Waals surface area contributed by atoms with Gasteiger partial charge in [-0.05, 0) is 68.7 Å². The van der Waals surface area contributed by atoms with Crippen LogP contribution in [0.15, 0.2) is 47.4 Å². The van der Waals surface area contributed by atoms with E-state index in [-0.39, 0.29) is 10.5 Å². The van der Waals surface area contributed by atoms with Gasteiger partial charge in [-0.3, -0.25) is 4.79 Å². The third kappa shape index (κ3) is 5.86. The molecule has 0 unspecified atom stereocenters. The van der Waals surface area contributed by atoms with Gasteiger partial charge < -0.3 is 14.8 Å². The molecule has 0 bridgehead atoms. The standard InChI is InChI=1S/C23H28N2O6S/c1-3-30-20-11-9-19(10-12-20)24-22(26)16-31-23(27)18-8-7-17(2)21(15-18)32(28,29)25-13-5-4-6-14-25/h7-12,15H,3-6,13-14,16H2,1-2H3,(H,24,26). The third-order valence-corrected chi connectivity index (χ3v) is 7.18. The minimum Gasteiger partial charge on any atom is -0.494 e. The molecule has 1 N–H and O–H groups in total. The number of rotatable bonds is 8. The molecular formula is C23H28N2O6S. The number of aryl methyl sites for hydroxylation is 1. The molecule has 0 atom stereocenters. The Hall–Kier alpha value is -2.91. The van der Waals surface area contributed by atoms with E-state index in [1.807, 2.05) is 6.92 Å². The van der Waals surface area contributed by atoms with Crippen LogP contribution >= 0.6 is 0 Å². The van der Waals surface area contributed by atoms with Crippen molar-refractivity contribution in [3.63, 3.8) is 0 Å². The van der Waals surface area contributed by atoms with Crippen molar-refractivity contribution in [3.8, 4) is 5.75 Å². The number of ether oxygens (including phenoxy) is 2. The van der Waals surface area contributed by atoms with Crippen LogP contribution in [0.2, 0.25) is 0 Å². The number of sulfonamides is 1.